The van der Waals surface area contributed by atoms with Crippen molar-refractivity contribution in [2.45, 2.75) is 6.54 Å². The molecule has 0 saturated heterocycles. The average molecular weight is 362 g/mol. The van der Waals surface area contributed by atoms with E-state index in [2.05, 4.69) is 25.6 Å². The molecule has 27 heavy (non-hydrogen) atoms. The van der Waals surface area contributed by atoms with E-state index in [4.69, 9.17) is 0 Å². The number of nitrogens with zero attached hydrogens (tertiary/aromatic N) is 2. The van der Waals surface area contributed by atoms with Crippen LogP contribution in [-0.2, 0) is 11.3 Å². The molecule has 0 bridgehead atoms. The number of hydrogen-bond acceptors (Lipinski definition) is 6. The molecular weight excluding hydrogens is 344 g/mol. The number of amides is 1. The first kappa shape index (κ1) is 18.1. The van der Waals surface area contributed by atoms with E-state index in [1.54, 1.807) is 30.3 Å². The summed E-state index contributed by atoms with van der Waals surface area (Å²) in [5.74, 6) is -0.318. The number of benzene rings is 2. The maximum Gasteiger partial charge on any atom is 0.337 e. The van der Waals surface area contributed by atoms with Gasteiger partial charge in [-0.2, -0.15) is 0 Å². The zero-order chi connectivity index (χ0) is 19.1. The molecule has 0 spiro atoms. The SMILES string of the molecule is COC(=O)c1cccc(NC(=O)c2ccc(NCc3ccccc3)nn2)c1. The molecule has 2 aromatic carbocycles. The summed E-state index contributed by atoms with van der Waals surface area (Å²) >= 11 is 0. The summed E-state index contributed by atoms with van der Waals surface area (Å²) in [6.07, 6.45) is 0. The number of ether oxygens (including phenoxy) is 1. The highest BCUT2D eigenvalue weighted by Gasteiger charge is 2.11. The monoisotopic (exact) mass is 362 g/mol. The second kappa shape index (κ2) is 8.57. The van der Waals surface area contributed by atoms with Crippen LogP contribution in [0.4, 0.5) is 11.5 Å². The van der Waals surface area contributed by atoms with Crippen molar-refractivity contribution < 1.29 is 14.3 Å². The molecule has 0 radical (unpaired) electrons. The Kier molecular flexibility index (Phi) is 5.73. The van der Waals surface area contributed by atoms with Crippen LogP contribution in [0.25, 0.3) is 0 Å². The van der Waals surface area contributed by atoms with Crippen molar-refractivity contribution in [1.82, 2.24) is 10.2 Å². The quantitative estimate of drug-likeness (QED) is 0.655. The lowest BCUT2D eigenvalue weighted by atomic mass is 10.2. The van der Waals surface area contributed by atoms with E-state index in [1.807, 2.05) is 30.3 Å². The minimum atomic E-state index is -0.472. The number of carbonyl (C=O) groups excluding carboxylic acids is 2. The standard InChI is InChI=1S/C20H18N4O3/c1-27-20(26)15-8-5-9-16(12-15)22-19(25)17-10-11-18(24-23-17)21-13-14-6-3-2-4-7-14/h2-12H,13H2,1H3,(H,21,24)(H,22,25). The molecule has 0 unspecified atom stereocenters. The molecule has 0 fully saturated rings. The highest BCUT2D eigenvalue weighted by molar-refractivity contribution is 6.03. The van der Waals surface area contributed by atoms with E-state index in [1.165, 1.54) is 13.2 Å². The zero-order valence-corrected chi connectivity index (χ0v) is 14.7. The van der Waals surface area contributed by atoms with Crippen molar-refractivity contribution in [3.8, 4) is 0 Å². The van der Waals surface area contributed by atoms with Gasteiger partial charge in [-0.15, -0.1) is 10.2 Å². The molecule has 0 aliphatic carbocycles. The molecule has 7 heteroatoms. The van der Waals surface area contributed by atoms with Gasteiger partial charge in [0.25, 0.3) is 5.91 Å². The number of hydrogen-bond donors (Lipinski definition) is 2. The van der Waals surface area contributed by atoms with Gasteiger partial charge in [0.15, 0.2) is 5.69 Å². The van der Waals surface area contributed by atoms with E-state index < -0.39 is 11.9 Å². The number of anilines is 2. The molecule has 1 amide bonds. The van der Waals surface area contributed by atoms with E-state index >= 15 is 0 Å². The molecule has 136 valence electrons. The summed E-state index contributed by atoms with van der Waals surface area (Å²) in [6, 6.07) is 19.6. The van der Waals surface area contributed by atoms with Gasteiger partial charge in [-0.1, -0.05) is 36.4 Å². The van der Waals surface area contributed by atoms with Crippen molar-refractivity contribution in [3.63, 3.8) is 0 Å². The lowest BCUT2D eigenvalue weighted by Crippen LogP contribution is -2.15. The van der Waals surface area contributed by atoms with Crippen molar-refractivity contribution in [2.24, 2.45) is 0 Å². The maximum atomic E-state index is 12.3. The Bertz CT molecular complexity index is 927. The third-order valence-electron chi connectivity index (χ3n) is 3.76. The van der Waals surface area contributed by atoms with Crippen LogP contribution in [0.15, 0.2) is 66.7 Å². The second-order valence-corrected chi connectivity index (χ2v) is 5.67. The van der Waals surface area contributed by atoms with E-state index in [-0.39, 0.29) is 5.69 Å². The van der Waals surface area contributed by atoms with Crippen LogP contribution < -0.4 is 10.6 Å². The van der Waals surface area contributed by atoms with Gasteiger partial charge in [-0.25, -0.2) is 4.79 Å². The molecular formula is C20H18N4O3. The summed E-state index contributed by atoms with van der Waals surface area (Å²) in [7, 11) is 1.30. The number of nitrogens with one attached hydrogen (secondary N) is 2. The number of esters is 1. The predicted molar refractivity (Wildman–Crippen MR) is 102 cm³/mol. The predicted octanol–water partition coefficient (Wildman–Crippen LogP) is 3.13. The van der Waals surface area contributed by atoms with Crippen molar-refractivity contribution in [3.05, 3.63) is 83.6 Å². The smallest absolute Gasteiger partial charge is 0.337 e. The molecule has 3 rings (SSSR count). The Morgan fingerprint density at radius 2 is 1.78 bits per heavy atom. The van der Waals surface area contributed by atoms with Crippen molar-refractivity contribution in [1.29, 1.82) is 0 Å². The summed E-state index contributed by atoms with van der Waals surface area (Å²) in [4.78, 5) is 23.9. The Labute approximate surface area is 156 Å². The molecule has 7 nitrogen and oxygen atoms in total. The molecule has 2 N–H and O–H groups in total. The fraction of sp³-hybridized carbons (Fsp3) is 0.100. The molecule has 0 atom stereocenters. The van der Waals surface area contributed by atoms with E-state index in [0.717, 1.165) is 5.56 Å². The summed E-state index contributed by atoms with van der Waals surface area (Å²) in [6.45, 7) is 0.612. The maximum absolute atomic E-state index is 12.3. The third-order valence-corrected chi connectivity index (χ3v) is 3.76. The van der Waals surface area contributed by atoms with Gasteiger partial charge in [-0.05, 0) is 35.9 Å². The van der Waals surface area contributed by atoms with E-state index in [9.17, 15) is 9.59 Å². The molecule has 1 aromatic heterocycles. The van der Waals surface area contributed by atoms with Gasteiger partial charge in [0.05, 0.1) is 12.7 Å². The van der Waals surface area contributed by atoms with Gasteiger partial charge in [0.2, 0.25) is 0 Å². The van der Waals surface area contributed by atoms with Gasteiger partial charge >= 0.3 is 5.97 Å². The van der Waals surface area contributed by atoms with E-state index in [0.29, 0.717) is 23.6 Å². The van der Waals surface area contributed by atoms with Gasteiger partial charge in [0.1, 0.15) is 5.82 Å². The first-order chi connectivity index (χ1) is 13.2. The van der Waals surface area contributed by atoms with Crippen LogP contribution in [0, 0.1) is 0 Å². The minimum Gasteiger partial charge on any atom is -0.465 e. The molecule has 0 aliphatic rings. The molecule has 0 saturated carbocycles. The Balaban J connectivity index is 1.61. The molecule has 0 aliphatic heterocycles. The van der Waals surface area contributed by atoms with Crippen LogP contribution in [0.1, 0.15) is 26.4 Å². The van der Waals surface area contributed by atoms with Crippen LogP contribution in [0.5, 0.6) is 0 Å². The normalized spacial score (nSPS) is 10.1. The van der Waals surface area contributed by atoms with Crippen LogP contribution in [-0.4, -0.2) is 29.2 Å². The summed E-state index contributed by atoms with van der Waals surface area (Å²) in [5.41, 5.74) is 2.10. The van der Waals surface area contributed by atoms with Crippen LogP contribution in [0.2, 0.25) is 0 Å². The lowest BCUT2D eigenvalue weighted by molar-refractivity contribution is 0.0600. The number of methoxy groups -OCH3 is 1. The number of carbonyl (C=O) groups is 2. The highest BCUT2D eigenvalue weighted by atomic mass is 16.5. The number of rotatable bonds is 6. The summed E-state index contributed by atoms with van der Waals surface area (Å²) in [5, 5.41) is 13.8. The first-order valence-electron chi connectivity index (χ1n) is 8.27. The zero-order valence-electron chi connectivity index (χ0n) is 14.7. The fourth-order valence-corrected chi connectivity index (χ4v) is 2.37. The Morgan fingerprint density at radius 3 is 2.48 bits per heavy atom. The highest BCUT2D eigenvalue weighted by Crippen LogP contribution is 2.13. The van der Waals surface area contributed by atoms with Crippen molar-refractivity contribution in [2.75, 3.05) is 17.7 Å². The molecule has 1 heterocycles. The van der Waals surface area contributed by atoms with Crippen LogP contribution in [0.3, 0.4) is 0 Å². The fourth-order valence-electron chi connectivity index (χ4n) is 2.37. The van der Waals surface area contributed by atoms with Crippen LogP contribution >= 0.6 is 0 Å². The topological polar surface area (TPSA) is 93.2 Å². The largest absolute Gasteiger partial charge is 0.465 e. The Morgan fingerprint density at radius 1 is 0.963 bits per heavy atom. The Hall–Kier alpha value is -3.74. The second-order valence-electron chi connectivity index (χ2n) is 5.67. The van der Waals surface area contributed by atoms with Gasteiger partial charge in [-0.3, -0.25) is 4.79 Å². The first-order valence-corrected chi connectivity index (χ1v) is 8.27. The van der Waals surface area contributed by atoms with Gasteiger partial charge < -0.3 is 15.4 Å². The number of aromatic nitrogens is 2. The summed E-state index contributed by atoms with van der Waals surface area (Å²) < 4.78 is 4.67. The van der Waals surface area contributed by atoms with Crippen molar-refractivity contribution >= 4 is 23.4 Å². The average Bonchev–Trinajstić information content (AvgIpc) is 2.73. The lowest BCUT2D eigenvalue weighted by Gasteiger charge is -2.07. The minimum absolute atomic E-state index is 0.170. The molecule has 3 aromatic rings. The third kappa shape index (κ3) is 4.88. The van der Waals surface area contributed by atoms with Gasteiger partial charge in [0, 0.05) is 12.2 Å².